The van der Waals surface area contributed by atoms with E-state index in [1.54, 1.807) is 0 Å². The molecular weight excluding hydrogens is 112 g/mol. The van der Waals surface area contributed by atoms with E-state index in [0.717, 1.165) is 18.8 Å². The molecule has 0 bridgehead atoms. The summed E-state index contributed by atoms with van der Waals surface area (Å²) in [6, 6.07) is 0. The Hall–Kier alpha value is -0.980. The molecule has 0 unspecified atom stereocenters. The summed E-state index contributed by atoms with van der Waals surface area (Å²) in [6.45, 7) is 0.755. The Bertz CT molecular complexity index is 209. The first kappa shape index (κ1) is 4.86. The first-order valence-corrected chi connectivity index (χ1v) is 3.17. The summed E-state index contributed by atoms with van der Waals surface area (Å²) in [6.07, 6.45) is 9.49. The summed E-state index contributed by atoms with van der Waals surface area (Å²) in [5.74, 6) is 1.07. The highest BCUT2D eigenvalue weighted by molar-refractivity contribution is 5.42. The Morgan fingerprint density at radius 1 is 1.33 bits per heavy atom. The van der Waals surface area contributed by atoms with Gasteiger partial charge in [-0.3, -0.25) is 0 Å². The van der Waals surface area contributed by atoms with Crippen LogP contribution < -0.4 is 0 Å². The Kier molecular flexibility index (Phi) is 0.950. The fourth-order valence-electron chi connectivity index (χ4n) is 1.10. The number of fused-ring (bicyclic) bond motifs is 1. The van der Waals surface area contributed by atoms with Crippen LogP contribution in [0.25, 0.3) is 0 Å². The molecule has 2 rings (SSSR count). The Labute approximate surface area is 54.3 Å². The molecule has 0 aromatic carbocycles. The normalized spacial score (nSPS) is 22.2. The van der Waals surface area contributed by atoms with E-state index in [4.69, 9.17) is 4.74 Å². The van der Waals surface area contributed by atoms with E-state index in [1.807, 2.05) is 0 Å². The quantitative estimate of drug-likeness (QED) is 0.473. The van der Waals surface area contributed by atoms with E-state index < -0.39 is 0 Å². The maximum absolute atomic E-state index is 5.27. The molecule has 1 aliphatic heterocycles. The molecule has 0 atom stereocenters. The van der Waals surface area contributed by atoms with Gasteiger partial charge in [0.15, 0.2) is 0 Å². The second-order valence-corrected chi connectivity index (χ2v) is 2.18. The zero-order valence-corrected chi connectivity index (χ0v) is 5.13. The Morgan fingerprint density at radius 2 is 2.33 bits per heavy atom. The minimum atomic E-state index is 0.755. The highest BCUT2D eigenvalue weighted by atomic mass is 16.5. The predicted octanol–water partition coefficient (Wildman–Crippen LogP) is 1.79. The van der Waals surface area contributed by atoms with Crippen molar-refractivity contribution in [2.75, 3.05) is 6.61 Å². The van der Waals surface area contributed by atoms with Crippen LogP contribution in [0.15, 0.2) is 35.6 Å². The molecular formula is C8H8O. The minimum absolute atomic E-state index is 0.755. The number of allylic oxidation sites excluding steroid dienone is 3. The SMILES string of the molecule is C1=CC2=CCOC2=CC1. The van der Waals surface area contributed by atoms with Crippen molar-refractivity contribution in [2.24, 2.45) is 0 Å². The summed E-state index contributed by atoms with van der Waals surface area (Å²) >= 11 is 0. The average molecular weight is 120 g/mol. The van der Waals surface area contributed by atoms with Crippen LogP contribution in [0, 0.1) is 0 Å². The third-order valence-corrected chi connectivity index (χ3v) is 1.56. The number of ether oxygens (including phenoxy) is 1. The van der Waals surface area contributed by atoms with Crippen LogP contribution in [0.2, 0.25) is 0 Å². The van der Waals surface area contributed by atoms with Crippen LogP contribution in [0.5, 0.6) is 0 Å². The first-order valence-electron chi connectivity index (χ1n) is 3.17. The van der Waals surface area contributed by atoms with Gasteiger partial charge in [-0.25, -0.2) is 0 Å². The molecule has 0 amide bonds. The molecule has 1 nitrogen and oxygen atoms in total. The first-order chi connectivity index (χ1) is 4.47. The molecule has 9 heavy (non-hydrogen) atoms. The molecule has 1 heterocycles. The second-order valence-electron chi connectivity index (χ2n) is 2.18. The fourth-order valence-corrected chi connectivity index (χ4v) is 1.10. The molecule has 0 fully saturated rings. The molecule has 0 aromatic heterocycles. The third kappa shape index (κ3) is 0.689. The lowest BCUT2D eigenvalue weighted by Crippen LogP contribution is -1.87. The van der Waals surface area contributed by atoms with Gasteiger partial charge < -0.3 is 4.74 Å². The maximum atomic E-state index is 5.27. The Morgan fingerprint density at radius 3 is 3.22 bits per heavy atom. The zero-order valence-electron chi connectivity index (χ0n) is 5.13. The second kappa shape index (κ2) is 1.76. The van der Waals surface area contributed by atoms with E-state index in [0.29, 0.717) is 0 Å². The van der Waals surface area contributed by atoms with Crippen LogP contribution in [-0.4, -0.2) is 6.61 Å². The highest BCUT2D eigenvalue weighted by Crippen LogP contribution is 2.23. The van der Waals surface area contributed by atoms with E-state index in [1.165, 1.54) is 5.57 Å². The molecule has 0 spiro atoms. The monoisotopic (exact) mass is 120 g/mol. The molecule has 0 radical (unpaired) electrons. The zero-order chi connectivity index (χ0) is 6.10. The molecule has 0 saturated carbocycles. The van der Waals surface area contributed by atoms with Crippen molar-refractivity contribution in [1.82, 2.24) is 0 Å². The number of rotatable bonds is 0. The Balaban J connectivity index is 2.37. The van der Waals surface area contributed by atoms with Crippen LogP contribution in [-0.2, 0) is 4.74 Å². The van der Waals surface area contributed by atoms with Crippen molar-refractivity contribution in [2.45, 2.75) is 6.42 Å². The number of hydrogen-bond acceptors (Lipinski definition) is 1. The largest absolute Gasteiger partial charge is 0.489 e. The molecule has 1 aliphatic carbocycles. The van der Waals surface area contributed by atoms with Crippen molar-refractivity contribution < 1.29 is 4.74 Å². The van der Waals surface area contributed by atoms with Crippen LogP contribution in [0.4, 0.5) is 0 Å². The van der Waals surface area contributed by atoms with Gasteiger partial charge in [-0.15, -0.1) is 0 Å². The van der Waals surface area contributed by atoms with Gasteiger partial charge in [0.2, 0.25) is 0 Å². The van der Waals surface area contributed by atoms with Gasteiger partial charge in [-0.05, 0) is 18.6 Å². The van der Waals surface area contributed by atoms with Crippen LogP contribution >= 0.6 is 0 Å². The van der Waals surface area contributed by atoms with Crippen LogP contribution in [0.3, 0.4) is 0 Å². The standard InChI is InChI=1S/C8H8O/c1-2-4-8-7(3-1)5-6-9-8/h1,3-5H,2,6H2. The molecule has 46 valence electrons. The van der Waals surface area contributed by atoms with Gasteiger partial charge in [-0.1, -0.05) is 12.2 Å². The van der Waals surface area contributed by atoms with Crippen molar-refractivity contribution in [3.8, 4) is 0 Å². The predicted molar refractivity (Wildman–Crippen MR) is 35.9 cm³/mol. The molecule has 0 aromatic rings. The summed E-state index contributed by atoms with van der Waals surface area (Å²) in [4.78, 5) is 0. The van der Waals surface area contributed by atoms with Gasteiger partial charge in [0, 0.05) is 5.57 Å². The molecule has 0 N–H and O–H groups in total. The maximum Gasteiger partial charge on any atom is 0.123 e. The fraction of sp³-hybridized carbons (Fsp3) is 0.250. The van der Waals surface area contributed by atoms with Gasteiger partial charge in [0.1, 0.15) is 12.4 Å². The van der Waals surface area contributed by atoms with Crippen LogP contribution in [0.1, 0.15) is 6.42 Å². The molecule has 0 saturated heterocycles. The van der Waals surface area contributed by atoms with Crippen molar-refractivity contribution in [3.05, 3.63) is 35.6 Å². The third-order valence-electron chi connectivity index (χ3n) is 1.56. The smallest absolute Gasteiger partial charge is 0.123 e. The molecule has 1 heteroatoms. The van der Waals surface area contributed by atoms with Gasteiger partial charge in [-0.2, -0.15) is 0 Å². The molecule has 2 aliphatic rings. The lowest BCUT2D eigenvalue weighted by atomic mass is 10.1. The summed E-state index contributed by atoms with van der Waals surface area (Å²) in [5, 5.41) is 0. The van der Waals surface area contributed by atoms with Gasteiger partial charge >= 0.3 is 0 Å². The van der Waals surface area contributed by atoms with Crippen molar-refractivity contribution in [1.29, 1.82) is 0 Å². The number of hydrogen-bond donors (Lipinski definition) is 0. The van der Waals surface area contributed by atoms with E-state index >= 15 is 0 Å². The van der Waals surface area contributed by atoms with E-state index in [-0.39, 0.29) is 0 Å². The van der Waals surface area contributed by atoms with Crippen molar-refractivity contribution >= 4 is 0 Å². The lowest BCUT2D eigenvalue weighted by molar-refractivity contribution is 0.275. The topological polar surface area (TPSA) is 9.23 Å². The van der Waals surface area contributed by atoms with E-state index in [2.05, 4.69) is 24.3 Å². The summed E-state index contributed by atoms with van der Waals surface area (Å²) in [5.41, 5.74) is 1.25. The highest BCUT2D eigenvalue weighted by Gasteiger charge is 2.10. The van der Waals surface area contributed by atoms with Gasteiger partial charge in [0.25, 0.3) is 0 Å². The average Bonchev–Trinajstić information content (AvgIpc) is 2.33. The minimum Gasteiger partial charge on any atom is -0.489 e. The van der Waals surface area contributed by atoms with E-state index in [9.17, 15) is 0 Å². The lowest BCUT2D eigenvalue weighted by Gasteiger charge is -2.03. The van der Waals surface area contributed by atoms with Gasteiger partial charge in [0.05, 0.1) is 0 Å². The summed E-state index contributed by atoms with van der Waals surface area (Å²) in [7, 11) is 0. The van der Waals surface area contributed by atoms with Crippen molar-refractivity contribution in [3.63, 3.8) is 0 Å². The summed E-state index contributed by atoms with van der Waals surface area (Å²) < 4.78 is 5.27.